The molecule has 0 bridgehead atoms. The van der Waals surface area contributed by atoms with Crippen molar-refractivity contribution in [3.05, 3.63) is 29.8 Å². The molecule has 1 fully saturated rings. The average molecular weight is 276 g/mol. The molecule has 3 heteroatoms. The van der Waals surface area contributed by atoms with Gasteiger partial charge in [0.1, 0.15) is 5.75 Å². The van der Waals surface area contributed by atoms with Gasteiger partial charge in [-0.15, -0.1) is 0 Å². The third-order valence-electron chi connectivity index (χ3n) is 4.99. The molecule has 1 heterocycles. The molecule has 3 N–H and O–H groups in total. The van der Waals surface area contributed by atoms with E-state index in [1.54, 1.807) is 12.1 Å². The Morgan fingerprint density at radius 3 is 2.35 bits per heavy atom. The first-order valence-corrected chi connectivity index (χ1v) is 7.85. The van der Waals surface area contributed by atoms with Crippen LogP contribution in [0.1, 0.15) is 45.1 Å². The van der Waals surface area contributed by atoms with Gasteiger partial charge in [-0.1, -0.05) is 25.5 Å². The van der Waals surface area contributed by atoms with Gasteiger partial charge in [-0.05, 0) is 63.4 Å². The number of aromatic hydroxyl groups is 1. The Morgan fingerprint density at radius 1 is 1.20 bits per heavy atom. The molecule has 0 amide bonds. The van der Waals surface area contributed by atoms with Gasteiger partial charge >= 0.3 is 0 Å². The summed E-state index contributed by atoms with van der Waals surface area (Å²) in [6.07, 6.45) is 5.87. The van der Waals surface area contributed by atoms with Crippen molar-refractivity contribution < 1.29 is 5.11 Å². The fourth-order valence-electron chi connectivity index (χ4n) is 3.23. The molecule has 1 aromatic carbocycles. The van der Waals surface area contributed by atoms with Crippen LogP contribution in [-0.4, -0.2) is 34.7 Å². The quantitative estimate of drug-likeness (QED) is 0.869. The maximum Gasteiger partial charge on any atom is 0.115 e. The summed E-state index contributed by atoms with van der Waals surface area (Å²) in [7, 11) is 0. The van der Waals surface area contributed by atoms with Crippen LogP contribution in [0.25, 0.3) is 0 Å². The Morgan fingerprint density at radius 2 is 1.80 bits per heavy atom. The lowest BCUT2D eigenvalue weighted by atomic mass is 9.83. The van der Waals surface area contributed by atoms with Crippen molar-refractivity contribution in [2.75, 3.05) is 13.1 Å². The Hall–Kier alpha value is -1.06. The first-order valence-electron chi connectivity index (χ1n) is 7.85. The molecule has 0 aromatic heterocycles. The molecule has 0 saturated carbocycles. The van der Waals surface area contributed by atoms with Gasteiger partial charge in [-0.25, -0.2) is 0 Å². The van der Waals surface area contributed by atoms with Crippen LogP contribution in [0.4, 0.5) is 0 Å². The molecule has 1 saturated heterocycles. The smallest absolute Gasteiger partial charge is 0.115 e. The number of hydrogen-bond donors (Lipinski definition) is 2. The number of piperidine rings is 1. The normalized spacial score (nSPS) is 21.4. The molecule has 2 atom stereocenters. The molecule has 0 spiro atoms. The van der Waals surface area contributed by atoms with Crippen molar-refractivity contribution in [3.63, 3.8) is 0 Å². The van der Waals surface area contributed by atoms with E-state index in [-0.39, 0.29) is 11.6 Å². The lowest BCUT2D eigenvalue weighted by molar-refractivity contribution is 0.0546. The number of likely N-dealkylation sites (tertiary alicyclic amines) is 1. The minimum absolute atomic E-state index is 0.0678. The van der Waals surface area contributed by atoms with Gasteiger partial charge in [-0.3, -0.25) is 4.90 Å². The Labute approximate surface area is 122 Å². The van der Waals surface area contributed by atoms with Crippen molar-refractivity contribution in [2.24, 2.45) is 5.73 Å². The summed E-state index contributed by atoms with van der Waals surface area (Å²) in [5.74, 6) is 0.316. The number of benzene rings is 1. The van der Waals surface area contributed by atoms with Crippen molar-refractivity contribution in [3.8, 4) is 5.75 Å². The monoisotopic (exact) mass is 276 g/mol. The van der Waals surface area contributed by atoms with Crippen LogP contribution in [0, 0.1) is 0 Å². The first kappa shape index (κ1) is 15.3. The van der Waals surface area contributed by atoms with E-state index in [0.29, 0.717) is 5.75 Å². The summed E-state index contributed by atoms with van der Waals surface area (Å²) in [4.78, 5) is 2.58. The van der Waals surface area contributed by atoms with Crippen LogP contribution in [-0.2, 0) is 6.42 Å². The van der Waals surface area contributed by atoms with Gasteiger partial charge < -0.3 is 10.8 Å². The van der Waals surface area contributed by atoms with Crippen LogP contribution >= 0.6 is 0 Å². The number of phenols is 1. The highest BCUT2D eigenvalue weighted by Gasteiger charge is 2.36. The minimum atomic E-state index is 0.0678. The number of hydrogen-bond acceptors (Lipinski definition) is 3. The highest BCUT2D eigenvalue weighted by Crippen LogP contribution is 2.28. The predicted octanol–water partition coefficient (Wildman–Crippen LogP) is 2.92. The van der Waals surface area contributed by atoms with Crippen molar-refractivity contribution in [1.29, 1.82) is 0 Å². The molecule has 2 rings (SSSR count). The second-order valence-corrected chi connectivity index (χ2v) is 6.24. The standard InChI is InChI=1S/C17H28N2O/c1-3-17(2,19-11-5-4-6-12-19)16(18)13-14-7-9-15(20)10-8-14/h7-10,16,20H,3-6,11-13,18H2,1-2H3. The zero-order valence-corrected chi connectivity index (χ0v) is 12.8. The number of nitrogens with two attached hydrogens (primary N) is 1. The van der Waals surface area contributed by atoms with Crippen LogP contribution in [0.5, 0.6) is 5.75 Å². The van der Waals surface area contributed by atoms with Gasteiger partial charge in [0.25, 0.3) is 0 Å². The zero-order valence-electron chi connectivity index (χ0n) is 12.8. The zero-order chi connectivity index (χ0) is 14.6. The molecule has 20 heavy (non-hydrogen) atoms. The van der Waals surface area contributed by atoms with Gasteiger partial charge in [0.15, 0.2) is 0 Å². The first-order chi connectivity index (χ1) is 9.56. The summed E-state index contributed by atoms with van der Waals surface area (Å²) in [5.41, 5.74) is 7.83. The van der Waals surface area contributed by atoms with Crippen molar-refractivity contribution in [2.45, 2.75) is 57.5 Å². The highest BCUT2D eigenvalue weighted by atomic mass is 16.3. The summed E-state index contributed by atoms with van der Waals surface area (Å²) in [6, 6.07) is 7.55. The van der Waals surface area contributed by atoms with E-state index in [4.69, 9.17) is 5.73 Å². The lowest BCUT2D eigenvalue weighted by Gasteiger charge is -2.47. The van der Waals surface area contributed by atoms with Crippen LogP contribution in [0.2, 0.25) is 0 Å². The van der Waals surface area contributed by atoms with E-state index in [9.17, 15) is 5.11 Å². The maximum absolute atomic E-state index is 9.36. The molecule has 112 valence electrons. The molecule has 0 radical (unpaired) electrons. The largest absolute Gasteiger partial charge is 0.508 e. The number of rotatable bonds is 5. The average Bonchev–Trinajstić information content (AvgIpc) is 2.49. The fourth-order valence-corrected chi connectivity index (χ4v) is 3.23. The Bertz CT molecular complexity index is 412. The third kappa shape index (κ3) is 3.33. The molecule has 2 unspecified atom stereocenters. The molecular formula is C17H28N2O. The van der Waals surface area contributed by atoms with Crippen molar-refractivity contribution in [1.82, 2.24) is 4.90 Å². The third-order valence-corrected chi connectivity index (χ3v) is 4.99. The minimum Gasteiger partial charge on any atom is -0.508 e. The summed E-state index contributed by atoms with van der Waals surface area (Å²) in [5, 5.41) is 9.36. The molecule has 1 aliphatic heterocycles. The summed E-state index contributed by atoms with van der Waals surface area (Å²) in [6.45, 7) is 6.90. The van der Waals surface area contributed by atoms with Gasteiger partial charge in [0.05, 0.1) is 0 Å². The fraction of sp³-hybridized carbons (Fsp3) is 0.647. The highest BCUT2D eigenvalue weighted by molar-refractivity contribution is 5.27. The Balaban J connectivity index is 2.07. The lowest BCUT2D eigenvalue weighted by Crippen LogP contribution is -2.59. The van der Waals surface area contributed by atoms with Gasteiger partial charge in [-0.2, -0.15) is 0 Å². The molecule has 0 aliphatic carbocycles. The predicted molar refractivity (Wildman–Crippen MR) is 83.9 cm³/mol. The van der Waals surface area contributed by atoms with Crippen LogP contribution < -0.4 is 5.73 Å². The van der Waals surface area contributed by atoms with Crippen molar-refractivity contribution >= 4 is 0 Å². The van der Waals surface area contributed by atoms with Gasteiger partial charge in [0, 0.05) is 11.6 Å². The molecule has 3 nitrogen and oxygen atoms in total. The Kier molecular flexibility index (Phi) is 5.06. The van der Waals surface area contributed by atoms with Gasteiger partial charge in [0.2, 0.25) is 0 Å². The second-order valence-electron chi connectivity index (χ2n) is 6.24. The maximum atomic E-state index is 9.36. The topological polar surface area (TPSA) is 49.5 Å². The van der Waals surface area contributed by atoms with Crippen LogP contribution in [0.15, 0.2) is 24.3 Å². The summed E-state index contributed by atoms with van der Waals surface area (Å²) >= 11 is 0. The molecular weight excluding hydrogens is 248 g/mol. The van der Waals surface area contributed by atoms with E-state index < -0.39 is 0 Å². The van der Waals surface area contributed by atoms with Crippen LogP contribution in [0.3, 0.4) is 0 Å². The van der Waals surface area contributed by atoms with E-state index >= 15 is 0 Å². The number of phenolic OH excluding ortho intramolecular Hbond substituents is 1. The van der Waals surface area contributed by atoms with E-state index in [1.165, 1.54) is 37.9 Å². The van der Waals surface area contributed by atoms with E-state index in [0.717, 1.165) is 12.8 Å². The molecule has 1 aliphatic rings. The number of nitrogens with zero attached hydrogens (tertiary/aromatic N) is 1. The van der Waals surface area contributed by atoms with E-state index in [2.05, 4.69) is 18.7 Å². The summed E-state index contributed by atoms with van der Waals surface area (Å²) < 4.78 is 0. The SMILES string of the molecule is CCC(C)(C(N)Cc1ccc(O)cc1)N1CCCCC1. The molecule has 1 aromatic rings. The second kappa shape index (κ2) is 6.59. The van der Waals surface area contributed by atoms with E-state index in [1.807, 2.05) is 12.1 Å².